The molecule has 0 saturated heterocycles. The second kappa shape index (κ2) is 2.84. The van der Waals surface area contributed by atoms with Gasteiger partial charge in [0.1, 0.15) is 0 Å². The molecule has 0 nitrogen and oxygen atoms in total. The van der Waals surface area contributed by atoms with Crippen molar-refractivity contribution < 1.29 is 0 Å². The van der Waals surface area contributed by atoms with Gasteiger partial charge >= 0.3 is 50.8 Å². The van der Waals surface area contributed by atoms with E-state index < -0.39 is 0 Å². The predicted octanol–water partition coefficient (Wildman–Crippen LogP) is 1.62. The third kappa shape index (κ3) is 1.46. The molecule has 1 heterocycles. The van der Waals surface area contributed by atoms with E-state index in [1.54, 1.807) is 0 Å². The molecule has 0 spiro atoms. The minimum atomic E-state index is 0.531. The first kappa shape index (κ1) is 4.89. The fourth-order valence-corrected chi connectivity index (χ4v) is 3.85. The van der Waals surface area contributed by atoms with Gasteiger partial charge in [0.15, 0.2) is 0 Å². The van der Waals surface area contributed by atoms with E-state index in [1.165, 1.54) is 0 Å². The van der Waals surface area contributed by atoms with Gasteiger partial charge in [-0.15, -0.1) is 0 Å². The van der Waals surface area contributed by atoms with Crippen molar-refractivity contribution in [1.82, 2.24) is 0 Å². The zero-order valence-corrected chi connectivity index (χ0v) is 6.58. The summed E-state index contributed by atoms with van der Waals surface area (Å²) in [6.07, 6.45) is 4.31. The molecule has 1 aliphatic rings. The molecule has 0 aliphatic carbocycles. The summed E-state index contributed by atoms with van der Waals surface area (Å²) in [7, 11) is 0. The van der Waals surface area contributed by atoms with Crippen LogP contribution in [0, 0.1) is 0 Å². The molecule has 6 heavy (non-hydrogen) atoms. The molecule has 0 N–H and O–H groups in total. The van der Waals surface area contributed by atoms with Crippen molar-refractivity contribution in [3.63, 3.8) is 0 Å². The van der Waals surface area contributed by atoms with Gasteiger partial charge in [-0.25, -0.2) is 0 Å². The Hall–Kier alpha value is 0.742. The average molecular weight is 206 g/mol. The summed E-state index contributed by atoms with van der Waals surface area (Å²) < 4.78 is 2.33. The number of rotatable bonds is 0. The first-order valence-electron chi connectivity index (χ1n) is 1.77. The van der Waals surface area contributed by atoms with Crippen molar-refractivity contribution in [3.05, 3.63) is 21.2 Å². The Morgan fingerprint density at radius 1 is 1.33 bits per heavy atom. The van der Waals surface area contributed by atoms with Gasteiger partial charge < -0.3 is 0 Å². The molecule has 0 amide bonds. The van der Waals surface area contributed by atoms with Crippen LogP contribution < -0.4 is 0 Å². The molecule has 0 atom stereocenters. The number of hydrogen-bond acceptors (Lipinski definition) is 0. The SMILES string of the molecule is C1=[CH][Al]=[I]C=C1. The van der Waals surface area contributed by atoms with Crippen LogP contribution in [0.1, 0.15) is 0 Å². The van der Waals surface area contributed by atoms with E-state index in [0.29, 0.717) is 18.3 Å². The molecule has 0 aromatic heterocycles. The topological polar surface area (TPSA) is 0 Å². The van der Waals surface area contributed by atoms with Crippen molar-refractivity contribution in [2.45, 2.75) is 0 Å². The summed E-state index contributed by atoms with van der Waals surface area (Å²) in [6, 6.07) is 0. The van der Waals surface area contributed by atoms with Crippen LogP contribution >= 0.6 is 18.3 Å². The van der Waals surface area contributed by atoms with Crippen LogP contribution in [0.2, 0.25) is 0 Å². The third-order valence-electron chi connectivity index (χ3n) is 0.513. The molecule has 0 fully saturated rings. The van der Waals surface area contributed by atoms with E-state index in [4.69, 9.17) is 0 Å². The van der Waals surface area contributed by atoms with E-state index in [2.05, 4.69) is 21.2 Å². The van der Waals surface area contributed by atoms with Crippen molar-refractivity contribution in [1.29, 1.82) is 0 Å². The quantitative estimate of drug-likeness (QED) is 0.417. The van der Waals surface area contributed by atoms with Gasteiger partial charge in [0.25, 0.3) is 0 Å². The van der Waals surface area contributed by atoms with E-state index in [-0.39, 0.29) is 0 Å². The first-order chi connectivity index (χ1) is 3.00. The molecular formula is C4H4AlI. The number of allylic oxidation sites excluding steroid dienone is 2. The van der Waals surface area contributed by atoms with Crippen molar-refractivity contribution in [3.8, 4) is 0 Å². The van der Waals surface area contributed by atoms with E-state index in [9.17, 15) is 0 Å². The Kier molecular flexibility index (Phi) is 2.32. The zero-order valence-electron chi connectivity index (χ0n) is 3.26. The summed E-state index contributed by atoms with van der Waals surface area (Å²) in [5.74, 6) is 0. The normalized spacial score (nSPS) is 16.0. The van der Waals surface area contributed by atoms with Crippen LogP contribution in [-0.4, -0.2) is 11.4 Å². The monoisotopic (exact) mass is 206 g/mol. The van der Waals surface area contributed by atoms with Gasteiger partial charge in [-0.1, -0.05) is 0 Å². The molecule has 1 aliphatic heterocycles. The summed E-state index contributed by atoms with van der Waals surface area (Å²) in [4.78, 5) is 2.31. The minimum absolute atomic E-state index is 0.531. The third-order valence-corrected chi connectivity index (χ3v) is 5.32. The number of halogens is 1. The maximum atomic E-state index is 2.33. The summed E-state index contributed by atoms with van der Waals surface area (Å²) >= 11 is 1.28. The zero-order chi connectivity index (χ0) is 4.24. The molecule has 0 saturated carbocycles. The van der Waals surface area contributed by atoms with Crippen molar-refractivity contribution in [2.75, 3.05) is 0 Å². The molecule has 0 radical (unpaired) electrons. The van der Waals surface area contributed by atoms with E-state index >= 15 is 0 Å². The summed E-state index contributed by atoms with van der Waals surface area (Å²) in [5, 5.41) is 0. The van der Waals surface area contributed by atoms with Gasteiger partial charge in [0, 0.05) is 0 Å². The summed E-state index contributed by atoms with van der Waals surface area (Å²) in [5.41, 5.74) is 0. The van der Waals surface area contributed by atoms with Gasteiger partial charge in [-0.05, 0) is 0 Å². The van der Waals surface area contributed by atoms with Crippen LogP contribution in [0.25, 0.3) is 0 Å². The van der Waals surface area contributed by atoms with Crippen LogP contribution in [-0.2, 0) is 0 Å². The maximum absolute atomic E-state index is 2.33. The molecule has 0 aromatic rings. The Morgan fingerprint density at radius 3 is 2.50 bits per heavy atom. The number of hydrogen-bond donors (Lipinski definition) is 0. The van der Waals surface area contributed by atoms with Gasteiger partial charge in [-0.3, -0.25) is 0 Å². The van der Waals surface area contributed by atoms with Gasteiger partial charge in [-0.2, -0.15) is 0 Å². The molecule has 0 aromatic carbocycles. The van der Waals surface area contributed by atoms with Crippen molar-refractivity contribution in [2.24, 2.45) is 0 Å². The molecule has 0 unspecified atom stereocenters. The van der Waals surface area contributed by atoms with Gasteiger partial charge in [0.2, 0.25) is 0 Å². The Labute approximate surface area is 50.7 Å². The Bertz CT molecular complexity index is 76.9. The molecule has 2 heteroatoms. The van der Waals surface area contributed by atoms with Crippen LogP contribution in [0.5, 0.6) is 0 Å². The second-order valence-corrected chi connectivity index (χ2v) is 6.88. The molecule has 1 rings (SSSR count). The van der Waals surface area contributed by atoms with Crippen LogP contribution in [0.15, 0.2) is 21.2 Å². The van der Waals surface area contributed by atoms with E-state index in [0.717, 1.165) is 11.4 Å². The Morgan fingerprint density at radius 2 is 2.33 bits per heavy atom. The fourth-order valence-electron chi connectivity index (χ4n) is 0.274. The second-order valence-electron chi connectivity index (χ2n) is 0.955. The molecular weight excluding hydrogens is 202 g/mol. The summed E-state index contributed by atoms with van der Waals surface area (Å²) in [6.45, 7) is 0. The predicted molar refractivity (Wildman–Crippen MR) is 38.1 cm³/mol. The fraction of sp³-hybridized carbons (Fsp3) is 0. The molecule has 0 bridgehead atoms. The first-order valence-corrected chi connectivity index (χ1v) is 7.86. The average Bonchev–Trinajstić information content (AvgIpc) is 1.72. The van der Waals surface area contributed by atoms with Crippen molar-refractivity contribution >= 4 is 29.7 Å². The van der Waals surface area contributed by atoms with E-state index in [1.807, 2.05) is 0 Å². The standard InChI is InChI=1S/C4H4I.Al/c1-2-3-4-5;/h1-4H;. The van der Waals surface area contributed by atoms with Gasteiger partial charge in [0.05, 0.1) is 0 Å². The Balaban J connectivity index is 2.77. The van der Waals surface area contributed by atoms with Crippen LogP contribution in [0.4, 0.5) is 0 Å². The van der Waals surface area contributed by atoms with Crippen LogP contribution in [0.3, 0.4) is 0 Å². The molecule has 30 valence electrons.